The molecule has 2 amide bonds. The molecule has 0 radical (unpaired) electrons. The van der Waals surface area contributed by atoms with Gasteiger partial charge >= 0.3 is 0 Å². The number of fused-ring (bicyclic) bond motifs is 1. The SMILES string of the molecule is CCN(C(=O)c1cc(F)ccc1Oc1nncnc1N1CC2=C(CN(C(=O)C[C@H](N)Cc3cn(C)c4ccccc34)C2)C1)C(C)C. The molecule has 6 rings (SSSR count). The number of para-hydroxylation sites is 1. The third-order valence-electron chi connectivity index (χ3n) is 8.75. The van der Waals surface area contributed by atoms with Crippen molar-refractivity contribution in [1.29, 1.82) is 0 Å². The predicted octanol–water partition coefficient (Wildman–Crippen LogP) is 4.08. The number of carbonyl (C=O) groups excluding carboxylic acids is 2. The van der Waals surface area contributed by atoms with Crippen LogP contribution in [0.4, 0.5) is 10.2 Å². The third-order valence-corrected chi connectivity index (χ3v) is 8.75. The van der Waals surface area contributed by atoms with Gasteiger partial charge in [-0.2, -0.15) is 0 Å². The zero-order chi connectivity index (χ0) is 32.5. The summed E-state index contributed by atoms with van der Waals surface area (Å²) in [7, 11) is 2.02. The molecule has 46 heavy (non-hydrogen) atoms. The molecule has 4 aromatic rings. The Hall–Kier alpha value is -4.84. The second-order valence-electron chi connectivity index (χ2n) is 12.3. The van der Waals surface area contributed by atoms with Crippen LogP contribution in [0.3, 0.4) is 0 Å². The van der Waals surface area contributed by atoms with Crippen LogP contribution in [-0.4, -0.2) is 86.2 Å². The van der Waals surface area contributed by atoms with Gasteiger partial charge in [0, 0.05) is 75.4 Å². The first-order chi connectivity index (χ1) is 22.1. The summed E-state index contributed by atoms with van der Waals surface area (Å²) in [6.45, 7) is 8.28. The van der Waals surface area contributed by atoms with E-state index < -0.39 is 5.82 Å². The van der Waals surface area contributed by atoms with Crippen molar-refractivity contribution in [3.8, 4) is 11.6 Å². The van der Waals surface area contributed by atoms with Crippen molar-refractivity contribution in [2.45, 2.75) is 45.7 Å². The van der Waals surface area contributed by atoms with Gasteiger partial charge < -0.3 is 29.7 Å². The molecule has 2 aromatic heterocycles. The van der Waals surface area contributed by atoms with Gasteiger partial charge in [-0.3, -0.25) is 9.59 Å². The summed E-state index contributed by atoms with van der Waals surface area (Å²) < 4.78 is 22.5. The summed E-state index contributed by atoms with van der Waals surface area (Å²) in [4.78, 5) is 36.6. The summed E-state index contributed by atoms with van der Waals surface area (Å²) in [6, 6.07) is 11.7. The van der Waals surface area contributed by atoms with Crippen LogP contribution in [-0.2, 0) is 18.3 Å². The first-order valence-corrected chi connectivity index (χ1v) is 15.6. The van der Waals surface area contributed by atoms with Crippen molar-refractivity contribution in [2.75, 3.05) is 37.6 Å². The summed E-state index contributed by atoms with van der Waals surface area (Å²) >= 11 is 0. The molecular formula is C34H39FN8O3. The van der Waals surface area contributed by atoms with Crippen molar-refractivity contribution in [1.82, 2.24) is 29.5 Å². The Morgan fingerprint density at radius 3 is 2.54 bits per heavy atom. The Morgan fingerprint density at radius 1 is 1.09 bits per heavy atom. The van der Waals surface area contributed by atoms with Gasteiger partial charge in [-0.05, 0) is 68.2 Å². The number of carbonyl (C=O) groups is 2. The summed E-state index contributed by atoms with van der Waals surface area (Å²) in [5.41, 5.74) is 11.2. The molecule has 0 saturated carbocycles. The fourth-order valence-electron chi connectivity index (χ4n) is 6.51. The molecule has 1 atom stereocenters. The first kappa shape index (κ1) is 31.2. The number of amides is 2. The number of rotatable bonds is 10. The van der Waals surface area contributed by atoms with Gasteiger partial charge in [0.1, 0.15) is 17.9 Å². The van der Waals surface area contributed by atoms with E-state index in [2.05, 4.69) is 38.1 Å². The molecule has 0 bridgehead atoms. The Labute approximate surface area is 267 Å². The van der Waals surface area contributed by atoms with E-state index in [-0.39, 0.29) is 47.5 Å². The number of ether oxygens (including phenoxy) is 1. The van der Waals surface area contributed by atoms with Crippen molar-refractivity contribution < 1.29 is 18.7 Å². The number of nitrogens with zero attached hydrogens (tertiary/aromatic N) is 7. The summed E-state index contributed by atoms with van der Waals surface area (Å²) in [6.07, 6.45) is 4.33. The monoisotopic (exact) mass is 626 g/mol. The highest BCUT2D eigenvalue weighted by Gasteiger charge is 2.35. The molecule has 2 aliphatic heterocycles. The van der Waals surface area contributed by atoms with Crippen LogP contribution in [0, 0.1) is 5.82 Å². The van der Waals surface area contributed by atoms with E-state index in [4.69, 9.17) is 10.5 Å². The molecule has 2 N–H and O–H groups in total. The average molecular weight is 627 g/mol. The number of anilines is 1. The van der Waals surface area contributed by atoms with Crippen LogP contribution in [0.2, 0.25) is 0 Å². The van der Waals surface area contributed by atoms with Gasteiger partial charge in [0.25, 0.3) is 11.8 Å². The molecule has 2 aliphatic rings. The van der Waals surface area contributed by atoms with Crippen LogP contribution in [0.25, 0.3) is 10.9 Å². The summed E-state index contributed by atoms with van der Waals surface area (Å²) in [5.74, 6) is -0.0963. The van der Waals surface area contributed by atoms with Crippen LogP contribution in [0.5, 0.6) is 11.6 Å². The highest BCUT2D eigenvalue weighted by molar-refractivity contribution is 5.97. The van der Waals surface area contributed by atoms with Crippen molar-refractivity contribution in [3.05, 3.63) is 83.1 Å². The molecule has 240 valence electrons. The van der Waals surface area contributed by atoms with Gasteiger partial charge in [-0.1, -0.05) is 18.2 Å². The number of hydrogen-bond acceptors (Lipinski definition) is 8. The van der Waals surface area contributed by atoms with Crippen LogP contribution in [0.15, 0.2) is 66.1 Å². The Bertz CT molecular complexity index is 1800. The maximum Gasteiger partial charge on any atom is 0.282 e. The number of aryl methyl sites for hydroxylation is 1. The molecule has 4 heterocycles. The Balaban J connectivity index is 1.10. The minimum Gasteiger partial charge on any atom is -0.434 e. The molecule has 0 saturated heterocycles. The van der Waals surface area contributed by atoms with Gasteiger partial charge in [0.15, 0.2) is 5.82 Å². The molecule has 0 aliphatic carbocycles. The molecule has 2 aromatic carbocycles. The van der Waals surface area contributed by atoms with Crippen molar-refractivity contribution in [2.24, 2.45) is 12.8 Å². The molecule has 11 nitrogen and oxygen atoms in total. The third kappa shape index (κ3) is 6.17. The lowest BCUT2D eigenvalue weighted by Gasteiger charge is -2.26. The molecule has 0 fully saturated rings. The fraction of sp³-hybridized carbons (Fsp3) is 0.382. The number of benzene rings is 2. The van der Waals surface area contributed by atoms with E-state index in [0.717, 1.165) is 27.6 Å². The fourth-order valence-corrected chi connectivity index (χ4v) is 6.51. The van der Waals surface area contributed by atoms with E-state index in [1.165, 1.54) is 24.5 Å². The van der Waals surface area contributed by atoms with Gasteiger partial charge in [-0.15, -0.1) is 10.2 Å². The van der Waals surface area contributed by atoms with Crippen molar-refractivity contribution in [3.63, 3.8) is 0 Å². The van der Waals surface area contributed by atoms with E-state index in [1.807, 2.05) is 49.8 Å². The second-order valence-corrected chi connectivity index (χ2v) is 12.3. The number of nitrogens with two attached hydrogens (primary N) is 1. The highest BCUT2D eigenvalue weighted by atomic mass is 19.1. The smallest absolute Gasteiger partial charge is 0.282 e. The Morgan fingerprint density at radius 2 is 1.83 bits per heavy atom. The second kappa shape index (κ2) is 12.9. The zero-order valence-electron chi connectivity index (χ0n) is 26.6. The first-order valence-electron chi connectivity index (χ1n) is 15.6. The maximum absolute atomic E-state index is 14.3. The van der Waals surface area contributed by atoms with E-state index in [0.29, 0.717) is 45.0 Å². The van der Waals surface area contributed by atoms with E-state index >= 15 is 0 Å². The number of halogens is 1. The van der Waals surface area contributed by atoms with Crippen LogP contribution >= 0.6 is 0 Å². The van der Waals surface area contributed by atoms with Gasteiger partial charge in [0.05, 0.1) is 5.56 Å². The van der Waals surface area contributed by atoms with Gasteiger partial charge in [0.2, 0.25) is 5.91 Å². The Kier molecular flexibility index (Phi) is 8.72. The minimum absolute atomic E-state index is 0.0393. The minimum atomic E-state index is -0.540. The summed E-state index contributed by atoms with van der Waals surface area (Å²) in [5, 5.41) is 9.24. The predicted molar refractivity (Wildman–Crippen MR) is 173 cm³/mol. The van der Waals surface area contributed by atoms with Crippen LogP contribution in [0.1, 0.15) is 43.1 Å². The van der Waals surface area contributed by atoms with Crippen molar-refractivity contribution >= 4 is 28.5 Å². The van der Waals surface area contributed by atoms with E-state index in [9.17, 15) is 14.0 Å². The lowest BCUT2D eigenvalue weighted by molar-refractivity contribution is -0.130. The number of hydrogen-bond donors (Lipinski definition) is 1. The maximum atomic E-state index is 14.3. The normalized spacial score (nSPS) is 15.2. The highest BCUT2D eigenvalue weighted by Crippen LogP contribution is 2.35. The molecule has 0 spiro atoms. The topological polar surface area (TPSA) is 123 Å². The lowest BCUT2D eigenvalue weighted by atomic mass is 10.0. The largest absolute Gasteiger partial charge is 0.434 e. The quantitative estimate of drug-likeness (QED) is 0.261. The van der Waals surface area contributed by atoms with Gasteiger partial charge in [-0.25, -0.2) is 9.37 Å². The lowest BCUT2D eigenvalue weighted by Crippen LogP contribution is -2.38. The zero-order valence-corrected chi connectivity index (χ0v) is 26.6. The standard InChI is InChI=1S/C34H39FN8O3/c1-5-43(21(2)3)34(45)28-13-25(35)10-11-30(28)46-33-32(37-20-38-39-33)42-18-23-16-41(17-24(23)19-42)31(44)14-26(36)12-22-15-40(4)29-9-7-6-8-27(22)29/h6-11,13,15,20-21,26H,5,12,14,16-19,36H2,1-4H3/t26-/m1/s1. The molecule has 12 heteroatoms. The molecular weight excluding hydrogens is 587 g/mol. The van der Waals surface area contributed by atoms with E-state index in [1.54, 1.807) is 4.90 Å². The number of aromatic nitrogens is 4. The van der Waals surface area contributed by atoms with Crippen LogP contribution < -0.4 is 15.4 Å². The average Bonchev–Trinajstić information content (AvgIpc) is 3.70. The molecule has 0 unspecified atom stereocenters.